The van der Waals surface area contributed by atoms with E-state index in [-0.39, 0.29) is 39.5 Å². The zero-order chi connectivity index (χ0) is 25.6. The maximum atomic E-state index is 13.0. The first kappa shape index (κ1) is 25.2. The Morgan fingerprint density at radius 2 is 1.66 bits per heavy atom. The van der Waals surface area contributed by atoms with E-state index < -0.39 is 5.41 Å². The van der Waals surface area contributed by atoms with Gasteiger partial charge in [-0.2, -0.15) is 0 Å². The summed E-state index contributed by atoms with van der Waals surface area (Å²) in [5.41, 5.74) is 2.17. The van der Waals surface area contributed by atoms with Gasteiger partial charge in [-0.1, -0.05) is 41.5 Å². The van der Waals surface area contributed by atoms with Crippen LogP contribution in [0.25, 0.3) is 0 Å². The zero-order valence-electron chi connectivity index (χ0n) is 23.1. The number of fused-ring (bicyclic) bond motifs is 7. The van der Waals surface area contributed by atoms with Crippen molar-refractivity contribution in [2.45, 2.75) is 119 Å². The van der Waals surface area contributed by atoms with E-state index in [0.29, 0.717) is 24.2 Å². The third kappa shape index (κ3) is 3.07. The van der Waals surface area contributed by atoms with E-state index in [9.17, 15) is 14.4 Å². The average molecular weight is 483 g/mol. The third-order valence-electron chi connectivity index (χ3n) is 12.8. The molecule has 4 nitrogen and oxygen atoms in total. The number of esters is 1. The van der Waals surface area contributed by atoms with Crippen LogP contribution in [-0.4, -0.2) is 24.1 Å². The highest BCUT2D eigenvalue weighted by Crippen LogP contribution is 2.76. The Morgan fingerprint density at radius 1 is 0.943 bits per heavy atom. The number of hydrogen-bond acceptors (Lipinski definition) is 4. The summed E-state index contributed by atoms with van der Waals surface area (Å²) in [5, 5.41) is 0. The van der Waals surface area contributed by atoms with Crippen molar-refractivity contribution in [3.05, 3.63) is 11.1 Å². The molecular weight excluding hydrogens is 436 g/mol. The molecule has 5 aliphatic rings. The van der Waals surface area contributed by atoms with Crippen molar-refractivity contribution >= 4 is 18.0 Å². The molecule has 0 aliphatic heterocycles. The molecule has 0 unspecified atom stereocenters. The van der Waals surface area contributed by atoms with Crippen LogP contribution in [0, 0.1) is 44.8 Å². The molecule has 8 atom stereocenters. The largest absolute Gasteiger partial charge is 0.462 e. The van der Waals surface area contributed by atoms with Crippen molar-refractivity contribution < 1.29 is 19.1 Å². The molecular formula is C31H46O4. The fourth-order valence-electron chi connectivity index (χ4n) is 11.0. The van der Waals surface area contributed by atoms with Crippen LogP contribution in [0.5, 0.6) is 0 Å². The fraction of sp³-hybridized carbons (Fsp3) is 0.839. The van der Waals surface area contributed by atoms with Crippen molar-refractivity contribution in [3.63, 3.8) is 0 Å². The van der Waals surface area contributed by atoms with Crippen LogP contribution in [0.4, 0.5) is 0 Å². The Balaban J connectivity index is 1.55. The zero-order valence-corrected chi connectivity index (χ0v) is 23.1. The molecule has 0 spiro atoms. The molecule has 35 heavy (non-hydrogen) atoms. The van der Waals surface area contributed by atoms with Crippen LogP contribution >= 0.6 is 0 Å². The second-order valence-electron chi connectivity index (χ2n) is 14.2. The van der Waals surface area contributed by atoms with E-state index in [0.717, 1.165) is 56.8 Å². The summed E-state index contributed by atoms with van der Waals surface area (Å²) in [5.74, 6) is 1.55. The third-order valence-corrected chi connectivity index (χ3v) is 12.8. The van der Waals surface area contributed by atoms with Crippen LogP contribution in [-0.2, 0) is 19.1 Å². The van der Waals surface area contributed by atoms with Gasteiger partial charge in [0.25, 0.3) is 0 Å². The fourth-order valence-corrected chi connectivity index (χ4v) is 11.0. The number of allylic oxidation sites excluding steroid dienone is 2. The molecule has 0 aromatic carbocycles. The number of carbonyl (C=O) groups excluding carboxylic acids is 3. The van der Waals surface area contributed by atoms with Crippen LogP contribution in [0.3, 0.4) is 0 Å². The van der Waals surface area contributed by atoms with E-state index in [4.69, 9.17) is 4.74 Å². The number of ketones is 1. The van der Waals surface area contributed by atoms with Gasteiger partial charge in [0.2, 0.25) is 0 Å². The van der Waals surface area contributed by atoms with E-state index in [2.05, 4.69) is 41.5 Å². The van der Waals surface area contributed by atoms with Gasteiger partial charge in [-0.3, -0.25) is 9.59 Å². The minimum atomic E-state index is -0.527. The Labute approximate surface area is 212 Å². The van der Waals surface area contributed by atoms with E-state index in [1.165, 1.54) is 18.4 Å². The summed E-state index contributed by atoms with van der Waals surface area (Å²) in [6.45, 7) is 15.9. The normalized spacial score (nSPS) is 48.4. The first-order chi connectivity index (χ1) is 16.3. The molecule has 4 fully saturated rings. The van der Waals surface area contributed by atoms with Gasteiger partial charge >= 0.3 is 5.97 Å². The first-order valence-corrected chi connectivity index (χ1v) is 14.2. The van der Waals surface area contributed by atoms with Crippen molar-refractivity contribution in [2.75, 3.05) is 0 Å². The number of rotatable bonds is 3. The molecule has 0 amide bonds. The smallest absolute Gasteiger partial charge is 0.302 e. The van der Waals surface area contributed by atoms with Gasteiger partial charge in [-0.05, 0) is 103 Å². The van der Waals surface area contributed by atoms with Crippen molar-refractivity contribution in [3.8, 4) is 0 Å². The molecule has 194 valence electrons. The summed E-state index contributed by atoms with van der Waals surface area (Å²) >= 11 is 0. The van der Waals surface area contributed by atoms with Crippen LogP contribution < -0.4 is 0 Å². The van der Waals surface area contributed by atoms with Gasteiger partial charge in [-0.25, -0.2) is 0 Å². The Kier molecular flexibility index (Phi) is 5.60. The summed E-state index contributed by atoms with van der Waals surface area (Å²) in [6, 6.07) is 0. The van der Waals surface area contributed by atoms with Crippen molar-refractivity contribution in [1.82, 2.24) is 0 Å². The number of aldehydes is 1. The molecule has 5 aliphatic carbocycles. The Morgan fingerprint density at radius 3 is 2.29 bits per heavy atom. The Hall–Kier alpha value is -1.45. The molecule has 4 heteroatoms. The molecule has 5 rings (SSSR count). The highest BCUT2D eigenvalue weighted by Gasteiger charge is 2.70. The van der Waals surface area contributed by atoms with Crippen molar-refractivity contribution in [1.29, 1.82) is 0 Å². The molecule has 0 bridgehead atoms. The monoisotopic (exact) mass is 482 g/mol. The standard InChI is InChI=1S/C31H46O4/c1-8-20-22(34)17-31(18-32)16-15-29(6)21(26(20)31)9-10-24-28(5)13-12-25(35-19(2)33)27(3,4)23(28)11-14-30(24,29)7/h18,21,23-25H,8-17H2,1-7H3/t21-,23+,24-,25+,28+,29-,30-,31+/m1/s1. The predicted molar refractivity (Wildman–Crippen MR) is 136 cm³/mol. The number of carbonyl (C=O) groups is 3. The van der Waals surface area contributed by atoms with Gasteiger partial charge < -0.3 is 9.53 Å². The lowest BCUT2D eigenvalue weighted by Gasteiger charge is -2.72. The molecule has 0 aromatic heterocycles. The van der Waals surface area contributed by atoms with Crippen LogP contribution in [0.1, 0.15) is 113 Å². The van der Waals surface area contributed by atoms with Gasteiger partial charge in [-0.15, -0.1) is 0 Å². The second-order valence-corrected chi connectivity index (χ2v) is 14.2. The minimum absolute atomic E-state index is 0.000913. The van der Waals surface area contributed by atoms with Crippen molar-refractivity contribution in [2.24, 2.45) is 44.8 Å². The Bertz CT molecular complexity index is 992. The highest BCUT2D eigenvalue weighted by atomic mass is 16.5. The maximum Gasteiger partial charge on any atom is 0.302 e. The molecule has 4 saturated carbocycles. The van der Waals surface area contributed by atoms with Gasteiger partial charge in [0, 0.05) is 18.8 Å². The van der Waals surface area contributed by atoms with Gasteiger partial charge in [0.05, 0.1) is 5.41 Å². The first-order valence-electron chi connectivity index (χ1n) is 14.2. The van der Waals surface area contributed by atoms with Gasteiger partial charge in [0.1, 0.15) is 12.4 Å². The number of ether oxygens (including phenoxy) is 1. The summed E-state index contributed by atoms with van der Waals surface area (Å²) in [6.07, 6.45) is 10.8. The quantitative estimate of drug-likeness (QED) is 0.326. The molecule has 0 saturated heterocycles. The average Bonchev–Trinajstić information content (AvgIpc) is 3.08. The number of hydrogen-bond donors (Lipinski definition) is 0. The number of Topliss-reactive ketones (excluding diaryl/α,β-unsaturated/α-hetero) is 1. The topological polar surface area (TPSA) is 60.4 Å². The lowest BCUT2D eigenvalue weighted by Crippen LogP contribution is -2.65. The van der Waals surface area contributed by atoms with Crippen LogP contribution in [0.2, 0.25) is 0 Å². The lowest BCUT2D eigenvalue weighted by atomic mass is 9.33. The lowest BCUT2D eigenvalue weighted by molar-refractivity contribution is -0.232. The van der Waals surface area contributed by atoms with Gasteiger partial charge in [0.15, 0.2) is 5.78 Å². The van der Waals surface area contributed by atoms with E-state index in [1.54, 1.807) is 6.92 Å². The molecule has 0 radical (unpaired) electrons. The molecule has 0 N–H and O–H groups in total. The van der Waals surface area contributed by atoms with E-state index in [1.807, 2.05) is 0 Å². The maximum absolute atomic E-state index is 13.0. The predicted octanol–water partition coefficient (Wildman–Crippen LogP) is 6.85. The van der Waals surface area contributed by atoms with E-state index >= 15 is 0 Å². The SMILES string of the molecule is CCC1=C2[C@H]3CC[C@@H]4[C@@]5(C)CC[C@H](OC(C)=O)C(C)(C)[C@@H]5CC[C@@]4(C)[C@]3(C)CC[C@@]2(C=O)CC1=O. The molecule has 0 heterocycles. The summed E-state index contributed by atoms with van der Waals surface area (Å²) < 4.78 is 5.86. The molecule has 0 aromatic rings. The minimum Gasteiger partial charge on any atom is -0.462 e. The second kappa shape index (κ2) is 7.78. The summed E-state index contributed by atoms with van der Waals surface area (Å²) in [7, 11) is 0. The summed E-state index contributed by atoms with van der Waals surface area (Å²) in [4.78, 5) is 37.4. The highest BCUT2D eigenvalue weighted by molar-refractivity contribution is 6.03. The van der Waals surface area contributed by atoms with Crippen LogP contribution in [0.15, 0.2) is 11.1 Å².